The highest BCUT2D eigenvalue weighted by Gasteiger charge is 2.42. The molecule has 2 atom stereocenters. The van der Waals surface area contributed by atoms with Crippen LogP contribution in [0.1, 0.15) is 18.9 Å². The minimum Gasteiger partial charge on any atom is -0.508 e. The smallest absolute Gasteiger partial charge is 0.150 e. The normalized spacial score (nSPS) is 26.6. The van der Waals surface area contributed by atoms with Gasteiger partial charge in [-0.15, -0.1) is 0 Å². The molecule has 1 aromatic rings. The topological polar surface area (TPSA) is 74.6 Å². The van der Waals surface area contributed by atoms with E-state index in [-0.39, 0.29) is 23.2 Å². The van der Waals surface area contributed by atoms with Gasteiger partial charge in [0, 0.05) is 11.5 Å². The Morgan fingerprint density at radius 2 is 2.00 bits per heavy atom. The van der Waals surface area contributed by atoms with Gasteiger partial charge in [-0.05, 0) is 19.4 Å². The number of rotatable bonds is 2. The highest BCUT2D eigenvalue weighted by atomic mass is 32.2. The molecule has 0 aliphatic carbocycles. The Morgan fingerprint density at radius 1 is 1.35 bits per heavy atom. The van der Waals surface area contributed by atoms with Crippen molar-refractivity contribution >= 4 is 9.84 Å². The van der Waals surface area contributed by atoms with Crippen molar-refractivity contribution in [3.63, 3.8) is 0 Å². The number of aromatic hydroxyl groups is 1. The highest BCUT2D eigenvalue weighted by Crippen LogP contribution is 2.39. The molecule has 2 rings (SSSR count). The molecule has 94 valence electrons. The molecule has 0 aromatic heterocycles. The van der Waals surface area contributed by atoms with Crippen molar-refractivity contribution < 1.29 is 18.6 Å². The van der Waals surface area contributed by atoms with Crippen molar-refractivity contribution in [1.82, 2.24) is 0 Å². The van der Waals surface area contributed by atoms with Crippen molar-refractivity contribution in [1.29, 1.82) is 0 Å². The third-order valence-electron chi connectivity index (χ3n) is 3.48. The molecule has 0 amide bonds. The number of phenolic OH excluding ortho intramolecular Hbond substituents is 1. The summed E-state index contributed by atoms with van der Waals surface area (Å²) in [6, 6.07) is 6.50. The van der Waals surface area contributed by atoms with E-state index in [1.807, 2.05) is 0 Å². The summed E-state index contributed by atoms with van der Waals surface area (Å²) in [6.07, 6.45) is 0.434. The SMILES string of the molecule is CC(O)(c1ccccc1O)C1CCS(=O)(=O)C1. The molecule has 17 heavy (non-hydrogen) atoms. The molecular formula is C12H16O4S. The van der Waals surface area contributed by atoms with Crippen LogP contribution in [0, 0.1) is 5.92 Å². The summed E-state index contributed by atoms with van der Waals surface area (Å²) in [5, 5.41) is 20.2. The first kappa shape index (κ1) is 12.4. The zero-order chi connectivity index (χ0) is 12.7. The molecule has 1 aliphatic heterocycles. The number of hydrogen-bond donors (Lipinski definition) is 2. The van der Waals surface area contributed by atoms with E-state index in [0.29, 0.717) is 12.0 Å². The van der Waals surface area contributed by atoms with Crippen molar-refractivity contribution in [2.45, 2.75) is 18.9 Å². The van der Waals surface area contributed by atoms with Gasteiger partial charge in [-0.1, -0.05) is 18.2 Å². The number of para-hydroxylation sites is 1. The lowest BCUT2D eigenvalue weighted by molar-refractivity contribution is 0.00255. The molecule has 1 aliphatic rings. The lowest BCUT2D eigenvalue weighted by atomic mass is 9.82. The van der Waals surface area contributed by atoms with Gasteiger partial charge in [0.1, 0.15) is 5.75 Å². The van der Waals surface area contributed by atoms with E-state index in [4.69, 9.17) is 0 Å². The van der Waals surface area contributed by atoms with E-state index in [1.54, 1.807) is 25.1 Å². The molecule has 1 saturated heterocycles. The summed E-state index contributed by atoms with van der Waals surface area (Å²) < 4.78 is 22.9. The van der Waals surface area contributed by atoms with Crippen LogP contribution in [0.5, 0.6) is 5.75 Å². The van der Waals surface area contributed by atoms with Crippen LogP contribution in [0.15, 0.2) is 24.3 Å². The number of sulfone groups is 1. The van der Waals surface area contributed by atoms with Gasteiger partial charge in [-0.2, -0.15) is 0 Å². The van der Waals surface area contributed by atoms with Crippen LogP contribution in [-0.4, -0.2) is 30.1 Å². The van der Waals surface area contributed by atoms with E-state index in [2.05, 4.69) is 0 Å². The van der Waals surface area contributed by atoms with Crippen LogP contribution in [0.25, 0.3) is 0 Å². The largest absolute Gasteiger partial charge is 0.508 e. The first-order valence-electron chi connectivity index (χ1n) is 5.54. The summed E-state index contributed by atoms with van der Waals surface area (Å²) in [6.45, 7) is 1.56. The molecule has 0 saturated carbocycles. The van der Waals surface area contributed by atoms with Crippen LogP contribution in [0.2, 0.25) is 0 Å². The van der Waals surface area contributed by atoms with Crippen molar-refractivity contribution in [3.05, 3.63) is 29.8 Å². The van der Waals surface area contributed by atoms with Gasteiger partial charge in [0.05, 0.1) is 17.1 Å². The van der Waals surface area contributed by atoms with E-state index in [1.165, 1.54) is 6.07 Å². The van der Waals surface area contributed by atoms with Crippen molar-refractivity contribution in [2.24, 2.45) is 5.92 Å². The van der Waals surface area contributed by atoms with Gasteiger partial charge in [0.2, 0.25) is 0 Å². The first-order chi connectivity index (χ1) is 7.83. The molecule has 4 nitrogen and oxygen atoms in total. The van der Waals surface area contributed by atoms with Crippen molar-refractivity contribution in [2.75, 3.05) is 11.5 Å². The molecular weight excluding hydrogens is 240 g/mol. The first-order valence-corrected chi connectivity index (χ1v) is 7.36. The number of benzene rings is 1. The van der Waals surface area contributed by atoms with Gasteiger partial charge in [-0.25, -0.2) is 8.42 Å². The predicted molar refractivity (Wildman–Crippen MR) is 64.4 cm³/mol. The average Bonchev–Trinajstić information content (AvgIpc) is 2.60. The third-order valence-corrected chi connectivity index (χ3v) is 5.24. The Hall–Kier alpha value is -1.07. The van der Waals surface area contributed by atoms with Crippen LogP contribution in [-0.2, 0) is 15.4 Å². The Kier molecular flexibility index (Phi) is 2.91. The van der Waals surface area contributed by atoms with E-state index >= 15 is 0 Å². The quantitative estimate of drug-likeness (QED) is 0.829. The monoisotopic (exact) mass is 256 g/mol. The maximum Gasteiger partial charge on any atom is 0.150 e. The molecule has 0 spiro atoms. The third kappa shape index (κ3) is 2.30. The second kappa shape index (κ2) is 3.99. The Morgan fingerprint density at radius 3 is 2.53 bits per heavy atom. The van der Waals surface area contributed by atoms with Crippen LogP contribution < -0.4 is 0 Å². The molecule has 0 bridgehead atoms. The second-order valence-electron chi connectivity index (χ2n) is 4.76. The lowest BCUT2D eigenvalue weighted by Crippen LogP contribution is -2.32. The van der Waals surface area contributed by atoms with Gasteiger partial charge in [-0.3, -0.25) is 0 Å². The second-order valence-corrected chi connectivity index (χ2v) is 6.99. The maximum atomic E-state index is 11.4. The standard InChI is InChI=1S/C12H16O4S/c1-12(14,9-6-7-17(15,16)8-9)10-4-2-3-5-11(10)13/h2-5,9,13-14H,6-8H2,1H3. The predicted octanol–water partition coefficient (Wildman–Crippen LogP) is 1.03. The minimum atomic E-state index is -3.04. The summed E-state index contributed by atoms with van der Waals surface area (Å²) in [5.41, 5.74) is -0.920. The molecule has 5 heteroatoms. The minimum absolute atomic E-state index is 0.00166. The van der Waals surface area contributed by atoms with E-state index in [9.17, 15) is 18.6 Å². The Labute approximate surface area is 101 Å². The number of hydrogen-bond acceptors (Lipinski definition) is 4. The molecule has 1 fully saturated rings. The zero-order valence-corrected chi connectivity index (χ0v) is 10.4. The fourth-order valence-corrected chi connectivity index (χ4v) is 4.27. The molecule has 1 aromatic carbocycles. The molecule has 1 heterocycles. The van der Waals surface area contributed by atoms with Crippen molar-refractivity contribution in [3.8, 4) is 5.75 Å². The molecule has 2 N–H and O–H groups in total. The number of phenols is 1. The Balaban J connectivity index is 2.35. The van der Waals surface area contributed by atoms with Crippen LogP contribution in [0.3, 0.4) is 0 Å². The lowest BCUT2D eigenvalue weighted by Gasteiger charge is -2.30. The maximum absolute atomic E-state index is 11.4. The van der Waals surface area contributed by atoms with Gasteiger partial charge in [0.15, 0.2) is 9.84 Å². The summed E-state index contributed by atoms with van der Waals surface area (Å²) in [5.74, 6) is -0.266. The van der Waals surface area contributed by atoms with E-state index < -0.39 is 15.4 Å². The summed E-state index contributed by atoms with van der Waals surface area (Å²) >= 11 is 0. The summed E-state index contributed by atoms with van der Waals surface area (Å²) in [4.78, 5) is 0. The fraction of sp³-hybridized carbons (Fsp3) is 0.500. The average molecular weight is 256 g/mol. The van der Waals surface area contributed by atoms with Crippen LogP contribution in [0.4, 0.5) is 0 Å². The molecule has 0 radical (unpaired) electrons. The molecule has 2 unspecified atom stereocenters. The summed E-state index contributed by atoms with van der Waals surface area (Å²) in [7, 11) is -3.04. The van der Waals surface area contributed by atoms with Gasteiger partial charge in [0.25, 0.3) is 0 Å². The van der Waals surface area contributed by atoms with Crippen LogP contribution >= 0.6 is 0 Å². The zero-order valence-electron chi connectivity index (χ0n) is 9.63. The number of aliphatic hydroxyl groups is 1. The van der Waals surface area contributed by atoms with Gasteiger partial charge >= 0.3 is 0 Å². The Bertz CT molecular complexity index is 519. The van der Waals surface area contributed by atoms with E-state index in [0.717, 1.165) is 0 Å². The van der Waals surface area contributed by atoms with Gasteiger partial charge < -0.3 is 10.2 Å². The fourth-order valence-electron chi connectivity index (χ4n) is 2.36. The highest BCUT2D eigenvalue weighted by molar-refractivity contribution is 7.91.